The molecule has 0 heterocycles. The molecule has 1 aromatic carbocycles. The van der Waals surface area contributed by atoms with Gasteiger partial charge in [0.05, 0.1) is 6.61 Å². The fourth-order valence-corrected chi connectivity index (χ4v) is 4.95. The van der Waals surface area contributed by atoms with Crippen LogP contribution in [0.2, 0.25) is 0 Å². The van der Waals surface area contributed by atoms with Gasteiger partial charge < -0.3 is 25.4 Å². The summed E-state index contributed by atoms with van der Waals surface area (Å²) in [5.74, 6) is -0.723. The molecule has 1 fully saturated rings. The van der Waals surface area contributed by atoms with Gasteiger partial charge in [-0.15, -0.1) is 0 Å². The predicted octanol–water partition coefficient (Wildman–Crippen LogP) is 4.70. The fraction of sp³-hybridized carbons (Fsp3) is 0.690. The second kappa shape index (κ2) is 14.4. The van der Waals surface area contributed by atoms with Gasteiger partial charge >= 0.3 is 6.09 Å². The van der Waals surface area contributed by atoms with Crippen LogP contribution in [-0.4, -0.2) is 58.8 Å². The SMILES string of the molecule is CCCCCN(C(=O)C(CO)NC(=O)OC(C)(C)C)C(C(=O)NC1CCCCC1)c1c(C)cccc1C. The van der Waals surface area contributed by atoms with Crippen molar-refractivity contribution in [2.45, 2.75) is 117 Å². The third-order valence-electron chi connectivity index (χ3n) is 6.78. The molecule has 0 spiro atoms. The van der Waals surface area contributed by atoms with E-state index in [2.05, 4.69) is 17.6 Å². The number of aryl methyl sites for hydroxylation is 2. The number of ether oxygens (including phenoxy) is 1. The minimum atomic E-state index is -1.23. The lowest BCUT2D eigenvalue weighted by Gasteiger charge is -2.36. The van der Waals surface area contributed by atoms with Crippen LogP contribution in [-0.2, 0) is 14.3 Å². The lowest BCUT2D eigenvalue weighted by molar-refractivity contribution is -0.143. The predicted molar refractivity (Wildman–Crippen MR) is 145 cm³/mol. The average molecular weight is 518 g/mol. The molecule has 1 aromatic rings. The lowest BCUT2D eigenvalue weighted by atomic mass is 9.91. The van der Waals surface area contributed by atoms with Crippen LogP contribution in [0.15, 0.2) is 18.2 Å². The highest BCUT2D eigenvalue weighted by molar-refractivity contribution is 5.92. The minimum absolute atomic E-state index is 0.0780. The van der Waals surface area contributed by atoms with Gasteiger partial charge in [0, 0.05) is 12.6 Å². The molecule has 0 saturated heterocycles. The zero-order valence-corrected chi connectivity index (χ0v) is 23.6. The minimum Gasteiger partial charge on any atom is -0.444 e. The van der Waals surface area contributed by atoms with Crippen molar-refractivity contribution in [2.75, 3.05) is 13.2 Å². The van der Waals surface area contributed by atoms with E-state index >= 15 is 0 Å². The van der Waals surface area contributed by atoms with Crippen molar-refractivity contribution in [1.29, 1.82) is 0 Å². The highest BCUT2D eigenvalue weighted by atomic mass is 16.6. The zero-order valence-electron chi connectivity index (χ0n) is 23.6. The van der Waals surface area contributed by atoms with Crippen LogP contribution in [0, 0.1) is 13.8 Å². The number of hydrogen-bond acceptors (Lipinski definition) is 5. The maximum absolute atomic E-state index is 13.9. The summed E-state index contributed by atoms with van der Waals surface area (Å²) in [4.78, 5) is 41.9. The second-order valence-corrected chi connectivity index (χ2v) is 11.2. The molecule has 1 aliphatic carbocycles. The molecule has 208 valence electrons. The number of aliphatic hydroxyl groups is 1. The van der Waals surface area contributed by atoms with Gasteiger partial charge in [0.25, 0.3) is 0 Å². The Labute approximate surface area is 222 Å². The summed E-state index contributed by atoms with van der Waals surface area (Å²) in [6.45, 7) is 10.9. The van der Waals surface area contributed by atoms with Gasteiger partial charge in [-0.2, -0.15) is 0 Å². The number of benzene rings is 1. The van der Waals surface area contributed by atoms with Crippen LogP contribution < -0.4 is 10.6 Å². The van der Waals surface area contributed by atoms with E-state index in [-0.39, 0.29) is 11.9 Å². The summed E-state index contributed by atoms with van der Waals surface area (Å²) in [5, 5.41) is 15.8. The molecular weight excluding hydrogens is 470 g/mol. The highest BCUT2D eigenvalue weighted by Gasteiger charge is 2.38. The normalized spacial score (nSPS) is 16.0. The van der Waals surface area contributed by atoms with E-state index in [0.29, 0.717) is 13.0 Å². The van der Waals surface area contributed by atoms with Gasteiger partial charge in [-0.1, -0.05) is 57.2 Å². The summed E-state index contributed by atoms with van der Waals surface area (Å²) >= 11 is 0. The van der Waals surface area contributed by atoms with Crippen LogP contribution in [0.1, 0.15) is 102 Å². The average Bonchev–Trinajstić information content (AvgIpc) is 2.82. The summed E-state index contributed by atoms with van der Waals surface area (Å²) in [5.41, 5.74) is 1.86. The molecule has 37 heavy (non-hydrogen) atoms. The Morgan fingerprint density at radius 1 is 1.08 bits per heavy atom. The van der Waals surface area contributed by atoms with Crippen LogP contribution >= 0.6 is 0 Å². The fourth-order valence-electron chi connectivity index (χ4n) is 4.95. The Kier molecular flexibility index (Phi) is 11.9. The number of carbonyl (C=O) groups is 3. The van der Waals surface area contributed by atoms with Gasteiger partial charge in [-0.3, -0.25) is 9.59 Å². The van der Waals surface area contributed by atoms with Gasteiger partial charge in [-0.05, 0) is 70.6 Å². The number of unbranched alkanes of at least 4 members (excludes halogenated alkanes) is 2. The molecule has 1 saturated carbocycles. The van der Waals surface area contributed by atoms with Crippen molar-refractivity contribution < 1.29 is 24.2 Å². The number of rotatable bonds is 11. The molecule has 8 nitrogen and oxygen atoms in total. The van der Waals surface area contributed by atoms with Crippen molar-refractivity contribution in [3.05, 3.63) is 34.9 Å². The Balaban J connectivity index is 2.46. The van der Waals surface area contributed by atoms with Gasteiger partial charge in [0.1, 0.15) is 17.7 Å². The molecule has 0 aliphatic heterocycles. The Hall–Kier alpha value is -2.61. The van der Waals surface area contributed by atoms with Crippen molar-refractivity contribution in [1.82, 2.24) is 15.5 Å². The first-order valence-corrected chi connectivity index (χ1v) is 13.8. The molecule has 0 aromatic heterocycles. The molecule has 3 amide bonds. The lowest BCUT2D eigenvalue weighted by Crippen LogP contribution is -2.55. The first kappa shape index (κ1) is 30.6. The molecule has 3 N–H and O–H groups in total. The number of carbonyl (C=O) groups excluding carboxylic acids is 3. The summed E-state index contributed by atoms with van der Waals surface area (Å²) < 4.78 is 5.32. The molecule has 2 atom stereocenters. The third-order valence-corrected chi connectivity index (χ3v) is 6.78. The Morgan fingerprint density at radius 2 is 1.70 bits per heavy atom. The van der Waals surface area contributed by atoms with Crippen LogP contribution in [0.25, 0.3) is 0 Å². The third kappa shape index (κ3) is 9.33. The topological polar surface area (TPSA) is 108 Å². The Morgan fingerprint density at radius 3 is 2.24 bits per heavy atom. The first-order chi connectivity index (χ1) is 17.5. The molecule has 0 bridgehead atoms. The van der Waals surface area contributed by atoms with Gasteiger partial charge in [0.2, 0.25) is 11.8 Å². The molecule has 2 unspecified atom stereocenters. The molecule has 0 radical (unpaired) electrons. The van der Waals surface area contributed by atoms with Crippen LogP contribution in [0.4, 0.5) is 4.79 Å². The van der Waals surface area contributed by atoms with Crippen molar-refractivity contribution in [3.63, 3.8) is 0 Å². The highest BCUT2D eigenvalue weighted by Crippen LogP contribution is 2.30. The molecule has 2 rings (SSSR count). The largest absolute Gasteiger partial charge is 0.444 e. The number of alkyl carbamates (subject to hydrolysis) is 1. The molecule has 8 heteroatoms. The molecule has 1 aliphatic rings. The van der Waals surface area contributed by atoms with Crippen molar-refractivity contribution >= 4 is 17.9 Å². The molecular formula is C29H47N3O5. The van der Waals surface area contributed by atoms with E-state index in [0.717, 1.165) is 55.2 Å². The maximum Gasteiger partial charge on any atom is 0.408 e. The zero-order chi connectivity index (χ0) is 27.6. The summed E-state index contributed by atoms with van der Waals surface area (Å²) in [6, 6.07) is 3.80. The smallest absolute Gasteiger partial charge is 0.408 e. The van der Waals surface area contributed by atoms with E-state index < -0.39 is 36.3 Å². The van der Waals surface area contributed by atoms with Gasteiger partial charge in [0.15, 0.2) is 0 Å². The van der Waals surface area contributed by atoms with E-state index in [1.54, 1.807) is 25.7 Å². The van der Waals surface area contributed by atoms with E-state index in [1.165, 1.54) is 6.42 Å². The quantitative estimate of drug-likeness (QED) is 0.369. The monoisotopic (exact) mass is 517 g/mol. The standard InChI is InChI=1S/C29H47N3O5/c1-7-8-12-18-32(27(35)23(19-33)31-28(36)37-29(4,5)6)25(24-20(2)14-13-15-21(24)3)26(34)30-22-16-10-9-11-17-22/h13-15,22-23,25,33H,7-12,16-19H2,1-6H3,(H,30,34)(H,31,36). The van der Waals surface area contributed by atoms with Crippen LogP contribution in [0.5, 0.6) is 0 Å². The number of aliphatic hydroxyl groups excluding tert-OH is 1. The Bertz CT molecular complexity index is 885. The van der Waals surface area contributed by atoms with Crippen molar-refractivity contribution in [2.24, 2.45) is 0 Å². The van der Waals surface area contributed by atoms with E-state index in [4.69, 9.17) is 4.74 Å². The van der Waals surface area contributed by atoms with E-state index in [9.17, 15) is 19.5 Å². The first-order valence-electron chi connectivity index (χ1n) is 13.8. The van der Waals surface area contributed by atoms with Crippen LogP contribution in [0.3, 0.4) is 0 Å². The maximum atomic E-state index is 13.9. The summed E-state index contributed by atoms with van der Waals surface area (Å²) in [7, 11) is 0. The van der Waals surface area contributed by atoms with Crippen molar-refractivity contribution in [3.8, 4) is 0 Å². The van der Waals surface area contributed by atoms with Gasteiger partial charge in [-0.25, -0.2) is 4.79 Å². The number of nitrogens with one attached hydrogen (secondary N) is 2. The second-order valence-electron chi connectivity index (χ2n) is 11.2. The number of nitrogens with zero attached hydrogens (tertiary/aromatic N) is 1. The summed E-state index contributed by atoms with van der Waals surface area (Å²) in [6.07, 6.45) is 6.91. The number of amides is 3. The number of hydrogen-bond donors (Lipinski definition) is 3. The van der Waals surface area contributed by atoms with E-state index in [1.807, 2.05) is 32.0 Å².